The zero-order valence-corrected chi connectivity index (χ0v) is 11.4. The fourth-order valence-electron chi connectivity index (χ4n) is 2.00. The van der Waals surface area contributed by atoms with Crippen LogP contribution in [0.15, 0.2) is 42.5 Å². The van der Waals surface area contributed by atoms with Crippen LogP contribution in [-0.4, -0.2) is 17.0 Å². The van der Waals surface area contributed by atoms with E-state index in [1.54, 1.807) is 0 Å². The molecule has 0 heterocycles. The number of carboxylic acid groups (broad SMARTS) is 1. The summed E-state index contributed by atoms with van der Waals surface area (Å²) in [4.78, 5) is 23.0. The molecule has 0 unspecified atom stereocenters. The molecule has 2 N–H and O–H groups in total. The zero-order valence-electron chi connectivity index (χ0n) is 11.4. The Hall–Kier alpha value is -2.69. The minimum absolute atomic E-state index is 0.0848. The molecule has 21 heavy (non-hydrogen) atoms. The highest BCUT2D eigenvalue weighted by molar-refractivity contribution is 6.01. The van der Waals surface area contributed by atoms with Crippen LogP contribution in [0.1, 0.15) is 21.5 Å². The predicted octanol–water partition coefficient (Wildman–Crippen LogP) is 3.01. The molecule has 0 spiro atoms. The van der Waals surface area contributed by atoms with Gasteiger partial charge in [0.2, 0.25) is 5.91 Å². The summed E-state index contributed by atoms with van der Waals surface area (Å²) in [6, 6.07) is 10.7. The highest BCUT2D eigenvalue weighted by Gasteiger charge is 2.13. The van der Waals surface area contributed by atoms with Gasteiger partial charge in [0.15, 0.2) is 0 Å². The summed E-state index contributed by atoms with van der Waals surface area (Å²) in [5, 5.41) is 11.5. The van der Waals surface area contributed by atoms with Gasteiger partial charge in [-0.15, -0.1) is 0 Å². The molecule has 0 aromatic heterocycles. The molecule has 2 rings (SSSR count). The van der Waals surface area contributed by atoms with E-state index in [9.17, 15) is 14.0 Å². The number of hydrogen-bond donors (Lipinski definition) is 2. The van der Waals surface area contributed by atoms with Crippen molar-refractivity contribution in [1.29, 1.82) is 0 Å². The summed E-state index contributed by atoms with van der Waals surface area (Å²) in [5.41, 5.74) is 1.67. The fourth-order valence-corrected chi connectivity index (χ4v) is 2.00. The average Bonchev–Trinajstić information content (AvgIpc) is 2.40. The topological polar surface area (TPSA) is 66.4 Å². The van der Waals surface area contributed by atoms with E-state index in [1.807, 2.05) is 31.2 Å². The lowest BCUT2D eigenvalue weighted by Crippen LogP contribution is -2.17. The molecule has 0 saturated heterocycles. The molecule has 1 amide bonds. The van der Waals surface area contributed by atoms with Crippen LogP contribution in [0.3, 0.4) is 0 Å². The summed E-state index contributed by atoms with van der Waals surface area (Å²) in [6.07, 6.45) is 0.123. The first kappa shape index (κ1) is 14.7. The van der Waals surface area contributed by atoms with Crippen molar-refractivity contribution in [2.24, 2.45) is 0 Å². The van der Waals surface area contributed by atoms with Crippen LogP contribution in [0.2, 0.25) is 0 Å². The second-order valence-corrected chi connectivity index (χ2v) is 4.71. The lowest BCUT2D eigenvalue weighted by Gasteiger charge is -2.09. The minimum Gasteiger partial charge on any atom is -0.478 e. The first-order valence-electron chi connectivity index (χ1n) is 6.34. The van der Waals surface area contributed by atoms with Crippen molar-refractivity contribution in [1.82, 2.24) is 0 Å². The Bertz CT molecular complexity index is 698. The standard InChI is InChI=1S/C16H14FNO3/c1-10-3-2-4-11(7-10)8-15(19)18-14-6-5-12(17)9-13(14)16(20)21/h2-7,9H,8H2,1H3,(H,18,19)(H,20,21). The first-order chi connectivity index (χ1) is 9.95. The summed E-state index contributed by atoms with van der Waals surface area (Å²) < 4.78 is 13.1. The number of nitrogens with one attached hydrogen (secondary N) is 1. The van der Waals surface area contributed by atoms with Crippen LogP contribution >= 0.6 is 0 Å². The SMILES string of the molecule is Cc1cccc(CC(=O)Nc2ccc(F)cc2C(=O)O)c1. The lowest BCUT2D eigenvalue weighted by molar-refractivity contribution is -0.115. The molecule has 4 nitrogen and oxygen atoms in total. The summed E-state index contributed by atoms with van der Waals surface area (Å²) in [5.74, 6) is -2.31. The smallest absolute Gasteiger partial charge is 0.337 e. The Balaban J connectivity index is 2.15. The van der Waals surface area contributed by atoms with Crippen molar-refractivity contribution in [2.45, 2.75) is 13.3 Å². The van der Waals surface area contributed by atoms with Crippen molar-refractivity contribution in [3.63, 3.8) is 0 Å². The Labute approximate surface area is 121 Å². The van der Waals surface area contributed by atoms with E-state index in [0.29, 0.717) is 0 Å². The average molecular weight is 287 g/mol. The lowest BCUT2D eigenvalue weighted by atomic mass is 10.1. The molecule has 0 aliphatic rings. The number of aromatic carboxylic acids is 1. The molecule has 2 aromatic rings. The predicted molar refractivity (Wildman–Crippen MR) is 76.9 cm³/mol. The highest BCUT2D eigenvalue weighted by atomic mass is 19.1. The van der Waals surface area contributed by atoms with E-state index in [2.05, 4.69) is 5.32 Å². The summed E-state index contributed by atoms with van der Waals surface area (Å²) in [7, 11) is 0. The molecule has 0 atom stereocenters. The number of anilines is 1. The zero-order chi connectivity index (χ0) is 15.4. The van der Waals surface area contributed by atoms with E-state index in [1.165, 1.54) is 6.07 Å². The van der Waals surface area contributed by atoms with Crippen LogP contribution in [0.5, 0.6) is 0 Å². The highest BCUT2D eigenvalue weighted by Crippen LogP contribution is 2.17. The molecular formula is C16H14FNO3. The Morgan fingerprint density at radius 1 is 1.19 bits per heavy atom. The van der Waals surface area contributed by atoms with E-state index in [0.717, 1.165) is 23.3 Å². The number of rotatable bonds is 4. The van der Waals surface area contributed by atoms with Gasteiger partial charge in [0.1, 0.15) is 5.82 Å². The van der Waals surface area contributed by atoms with Crippen LogP contribution in [0.25, 0.3) is 0 Å². The van der Waals surface area contributed by atoms with Gasteiger partial charge in [0.05, 0.1) is 17.7 Å². The van der Waals surface area contributed by atoms with Gasteiger partial charge in [-0.2, -0.15) is 0 Å². The molecular weight excluding hydrogens is 273 g/mol. The second kappa shape index (κ2) is 6.17. The number of carbonyl (C=O) groups excluding carboxylic acids is 1. The molecule has 108 valence electrons. The molecule has 0 aliphatic heterocycles. The quantitative estimate of drug-likeness (QED) is 0.908. The van der Waals surface area contributed by atoms with Gasteiger partial charge in [-0.3, -0.25) is 4.79 Å². The Kier molecular flexibility index (Phi) is 4.33. The summed E-state index contributed by atoms with van der Waals surface area (Å²) in [6.45, 7) is 1.92. The van der Waals surface area contributed by atoms with Crippen LogP contribution < -0.4 is 5.32 Å². The maximum atomic E-state index is 13.1. The minimum atomic E-state index is -1.29. The monoisotopic (exact) mass is 287 g/mol. The van der Waals surface area contributed by atoms with E-state index in [-0.39, 0.29) is 23.6 Å². The van der Waals surface area contributed by atoms with Crippen molar-refractivity contribution in [3.8, 4) is 0 Å². The largest absolute Gasteiger partial charge is 0.478 e. The Morgan fingerprint density at radius 2 is 1.95 bits per heavy atom. The van der Waals surface area contributed by atoms with Gasteiger partial charge >= 0.3 is 5.97 Å². The maximum absolute atomic E-state index is 13.1. The number of halogens is 1. The van der Waals surface area contributed by atoms with Crippen molar-refractivity contribution in [3.05, 3.63) is 65.0 Å². The van der Waals surface area contributed by atoms with Crippen molar-refractivity contribution in [2.75, 3.05) is 5.32 Å². The first-order valence-corrected chi connectivity index (χ1v) is 6.34. The van der Waals surface area contributed by atoms with E-state index < -0.39 is 11.8 Å². The van der Waals surface area contributed by atoms with Crippen LogP contribution in [-0.2, 0) is 11.2 Å². The number of benzene rings is 2. The van der Waals surface area contributed by atoms with Gasteiger partial charge in [0.25, 0.3) is 0 Å². The van der Waals surface area contributed by atoms with Crippen LogP contribution in [0, 0.1) is 12.7 Å². The van der Waals surface area contributed by atoms with Gasteiger partial charge in [-0.05, 0) is 30.7 Å². The third kappa shape index (κ3) is 3.89. The molecule has 0 aliphatic carbocycles. The number of hydrogen-bond acceptors (Lipinski definition) is 2. The second-order valence-electron chi connectivity index (χ2n) is 4.71. The Morgan fingerprint density at radius 3 is 2.62 bits per heavy atom. The maximum Gasteiger partial charge on any atom is 0.337 e. The van der Waals surface area contributed by atoms with Crippen LogP contribution in [0.4, 0.5) is 10.1 Å². The van der Waals surface area contributed by atoms with Gasteiger partial charge in [-0.1, -0.05) is 29.8 Å². The normalized spacial score (nSPS) is 10.2. The molecule has 5 heteroatoms. The number of carboxylic acids is 1. The number of aryl methyl sites for hydroxylation is 1. The third-order valence-electron chi connectivity index (χ3n) is 2.93. The molecule has 2 aromatic carbocycles. The fraction of sp³-hybridized carbons (Fsp3) is 0.125. The molecule has 0 bridgehead atoms. The van der Waals surface area contributed by atoms with Gasteiger partial charge in [-0.25, -0.2) is 9.18 Å². The third-order valence-corrected chi connectivity index (χ3v) is 2.93. The van der Waals surface area contributed by atoms with E-state index >= 15 is 0 Å². The number of carbonyl (C=O) groups is 2. The van der Waals surface area contributed by atoms with Gasteiger partial charge < -0.3 is 10.4 Å². The van der Waals surface area contributed by atoms with E-state index in [4.69, 9.17) is 5.11 Å². The van der Waals surface area contributed by atoms with Crippen molar-refractivity contribution >= 4 is 17.6 Å². The molecule has 0 saturated carbocycles. The molecule has 0 fully saturated rings. The van der Waals surface area contributed by atoms with Gasteiger partial charge in [0, 0.05) is 0 Å². The molecule has 0 radical (unpaired) electrons. The van der Waals surface area contributed by atoms with Crippen molar-refractivity contribution < 1.29 is 19.1 Å². The summed E-state index contributed by atoms with van der Waals surface area (Å²) >= 11 is 0. The number of amides is 1.